The van der Waals surface area contributed by atoms with Crippen molar-refractivity contribution >= 4 is 71.4 Å². The predicted molar refractivity (Wildman–Crippen MR) is 389 cm³/mol. The quantitative estimate of drug-likeness (QED) is 0.0662. The van der Waals surface area contributed by atoms with Gasteiger partial charge in [-0.15, -0.1) is 0 Å². The number of alkyl carbamates (subject to hydrolysis) is 2. The number of esters is 2. The van der Waals surface area contributed by atoms with E-state index < -0.39 is 143 Å². The van der Waals surface area contributed by atoms with Gasteiger partial charge in [-0.1, -0.05) is 176 Å². The van der Waals surface area contributed by atoms with E-state index in [2.05, 4.69) is 69.6 Å². The summed E-state index contributed by atoms with van der Waals surface area (Å²) in [6, 6.07) is 2.19. The zero-order valence-electron chi connectivity index (χ0n) is 65.3. The number of hydrogen-bond donors (Lipinski definition) is 8. The minimum absolute atomic E-state index is 0.0577. The molecule has 13 atom stereocenters. The van der Waals surface area contributed by atoms with Crippen LogP contribution in [0.15, 0.2) is 30.3 Å². The van der Waals surface area contributed by atoms with E-state index >= 15 is 0 Å². The molecule has 2 saturated carbocycles. The second kappa shape index (κ2) is 36.1. The molecule has 27 heteroatoms. The number of amides is 10. The highest BCUT2D eigenvalue weighted by Crippen LogP contribution is 2.66. The molecular formula is C77H124N10O17. The first-order chi connectivity index (χ1) is 48.4. The van der Waals surface area contributed by atoms with Crippen molar-refractivity contribution in [3.63, 3.8) is 0 Å². The number of aliphatic hydroxyl groups is 1. The Labute approximate surface area is 616 Å². The van der Waals surface area contributed by atoms with Crippen molar-refractivity contribution in [2.75, 3.05) is 47.4 Å². The van der Waals surface area contributed by atoms with Crippen molar-refractivity contribution in [2.45, 2.75) is 285 Å². The third kappa shape index (κ3) is 23.2. The molecule has 0 spiro atoms. The van der Waals surface area contributed by atoms with E-state index in [1.165, 1.54) is 18.9 Å². The van der Waals surface area contributed by atoms with Gasteiger partial charge in [0.25, 0.3) is 11.8 Å². The van der Waals surface area contributed by atoms with Crippen molar-refractivity contribution in [1.29, 1.82) is 0 Å². The van der Waals surface area contributed by atoms with Crippen LogP contribution in [0.2, 0.25) is 0 Å². The van der Waals surface area contributed by atoms with Gasteiger partial charge in [0.05, 0.1) is 25.7 Å². The number of fused-ring (bicyclic) bond motifs is 6. The lowest BCUT2D eigenvalue weighted by Gasteiger charge is -2.40. The van der Waals surface area contributed by atoms with Gasteiger partial charge in [0.15, 0.2) is 12.2 Å². The van der Waals surface area contributed by atoms with E-state index in [1.807, 2.05) is 27.7 Å². The van der Waals surface area contributed by atoms with Crippen LogP contribution in [0.1, 0.15) is 231 Å². The molecule has 1 aromatic rings. The Kier molecular flexibility index (Phi) is 29.7. The van der Waals surface area contributed by atoms with Crippen LogP contribution in [0.4, 0.5) is 9.59 Å². The average Bonchev–Trinajstić information content (AvgIpc) is 1.53. The summed E-state index contributed by atoms with van der Waals surface area (Å²) < 4.78 is 21.2. The lowest BCUT2D eigenvalue weighted by atomic mass is 9.78. The van der Waals surface area contributed by atoms with E-state index in [4.69, 9.17) is 14.2 Å². The van der Waals surface area contributed by atoms with Gasteiger partial charge < -0.3 is 76.0 Å². The van der Waals surface area contributed by atoms with Crippen LogP contribution in [-0.4, -0.2) is 198 Å². The second-order valence-electron chi connectivity index (χ2n) is 34.3. The fourth-order valence-corrected chi connectivity index (χ4v) is 15.8. The molecule has 2 aliphatic carbocycles. The number of carbonyl (C=O) groups excluding carboxylic acids is 12. The van der Waals surface area contributed by atoms with E-state index in [1.54, 1.807) is 95.8 Å². The monoisotopic (exact) mass is 1460 g/mol. The molecule has 27 nitrogen and oxygen atoms in total. The minimum atomic E-state index is -1.70. The molecule has 4 heterocycles. The highest BCUT2D eigenvalue weighted by Gasteiger charge is 2.71. The number of nitrogens with zero attached hydrogens (tertiary/aromatic N) is 3. The summed E-state index contributed by atoms with van der Waals surface area (Å²) >= 11 is 0. The van der Waals surface area contributed by atoms with E-state index in [9.17, 15) is 62.6 Å². The zero-order valence-corrected chi connectivity index (χ0v) is 65.3. The fourth-order valence-electron chi connectivity index (χ4n) is 15.8. The first-order valence-corrected chi connectivity index (χ1v) is 37.7. The van der Waals surface area contributed by atoms with Crippen molar-refractivity contribution in [3.8, 4) is 0 Å². The Balaban J connectivity index is 0.000000330. The highest BCUT2D eigenvalue weighted by molar-refractivity contribution is 5.96. The van der Waals surface area contributed by atoms with Gasteiger partial charge >= 0.3 is 24.1 Å². The number of aliphatic hydroxyl groups excluding tert-OH is 1. The maximum atomic E-state index is 14.6. The number of hydrogen-bond acceptors (Lipinski definition) is 17. The van der Waals surface area contributed by atoms with E-state index in [0.717, 1.165) is 77.0 Å². The highest BCUT2D eigenvalue weighted by atomic mass is 16.6. The third-order valence-corrected chi connectivity index (χ3v) is 22.0. The molecule has 7 rings (SSSR count). The molecule has 1 aromatic carbocycles. The summed E-state index contributed by atoms with van der Waals surface area (Å²) in [4.78, 5) is 165. The molecule has 584 valence electrons. The van der Waals surface area contributed by atoms with Crippen LogP contribution in [0.25, 0.3) is 0 Å². The SMILES string of the molecule is CN(C)C(=O)[C@@H](NC(=O)CNC(=O)C(O)[C@@H]1CCCCCCCCCC(C)(C)[C@H](NC(=O)OC(C)(C)C)C(=O)N2CC3[C@@H]([C@H]2C(=O)N1)C3(C)C)c1ccccc1.COC(=O)CNC(=O)C(OC(C)=O)[C@@H]1CCCCCCCCCC(C)(C)[C@H](NC(=O)OC(C)(C)C)C(=O)N2CC3[C@@H]([C@H]2C(=O)N1)C3(C)C. The third-order valence-electron chi connectivity index (χ3n) is 22.0. The number of ether oxygens (including phenoxy) is 4. The standard InChI is InChI=1S/C42H66N6O8.C35H58N4O9/c1-40(2,3)56-39(55)46-34-38(54)48-25-27-30(42(27,6)7)32(48)35(51)44-28(22-18-13-11-10-12-14-19-23-41(34,4)5)33(50)36(52)43-24-29(49)45-31(37(53)47(8)9)26-20-16-15-17-21-26;1-21(40)47-27(30(43)36-19-24(41)46-9)23-17-15-13-11-10-12-14-16-18-34(5,6)28(38-32(45)48-33(2,3)4)31(44)39-20-22-25(35(22,7)8)26(39)29(42)37-23/h15-17,20-21,27-28,30-34,50H,10-14,18-19,22-25H2,1-9H3,(H,43,52)(H,44,51)(H,45,49)(H,46,55);22-23,25-28H,10-20H2,1-9H3,(H,36,43)(H,37,42)(H,38,45)/t27?,28-,30-,31-,32-,33?,34+;22?,23-,25-,26-,27?,28+/m00/s1. The molecule has 10 amide bonds. The Bertz CT molecular complexity index is 3200. The van der Waals surface area contributed by atoms with Gasteiger partial charge in [0.1, 0.15) is 48.0 Å². The summed E-state index contributed by atoms with van der Waals surface area (Å²) in [6.45, 7) is 27.6. The smallest absolute Gasteiger partial charge is 0.408 e. The predicted octanol–water partition coefficient (Wildman–Crippen LogP) is 7.44. The Morgan fingerprint density at radius 1 is 0.587 bits per heavy atom. The van der Waals surface area contributed by atoms with Crippen molar-refractivity contribution in [1.82, 2.24) is 51.9 Å². The Morgan fingerprint density at radius 3 is 1.40 bits per heavy atom. The molecule has 8 N–H and O–H groups in total. The summed E-state index contributed by atoms with van der Waals surface area (Å²) in [5.41, 5.74) is -2.70. The molecule has 6 fully saturated rings. The summed E-state index contributed by atoms with van der Waals surface area (Å²) in [5, 5.41) is 30.7. The summed E-state index contributed by atoms with van der Waals surface area (Å²) in [6.07, 6.45) is 10.0. The summed E-state index contributed by atoms with van der Waals surface area (Å²) in [5.74, 6) is -5.79. The Morgan fingerprint density at radius 2 is 0.990 bits per heavy atom. The number of carbonyl (C=O) groups is 12. The molecule has 0 radical (unpaired) electrons. The largest absolute Gasteiger partial charge is 0.468 e. The average molecular weight is 1460 g/mol. The number of likely N-dealkylation sites (N-methyl/N-ethyl adjacent to an activating group) is 1. The van der Waals surface area contributed by atoms with Gasteiger partial charge in [0.2, 0.25) is 35.4 Å². The summed E-state index contributed by atoms with van der Waals surface area (Å²) in [7, 11) is 4.36. The second-order valence-corrected chi connectivity index (χ2v) is 34.3. The molecule has 4 saturated heterocycles. The van der Waals surface area contributed by atoms with E-state index in [-0.39, 0.29) is 52.2 Å². The Hall–Kier alpha value is -7.58. The number of piperidine rings is 2. The molecular weight excluding hydrogens is 1340 g/mol. The fraction of sp³-hybridized carbons (Fsp3) is 0.766. The maximum Gasteiger partial charge on any atom is 0.408 e. The van der Waals surface area contributed by atoms with Crippen LogP contribution in [0.5, 0.6) is 0 Å². The zero-order chi connectivity index (χ0) is 77.6. The van der Waals surface area contributed by atoms with Gasteiger partial charge in [-0.05, 0) is 118 Å². The number of methoxy groups -OCH3 is 1. The molecule has 4 unspecified atom stereocenters. The van der Waals surface area contributed by atoms with Gasteiger partial charge in [-0.2, -0.15) is 0 Å². The van der Waals surface area contributed by atoms with Crippen LogP contribution in [0.3, 0.4) is 0 Å². The first kappa shape index (κ1) is 85.3. The van der Waals surface area contributed by atoms with Crippen molar-refractivity contribution in [3.05, 3.63) is 35.9 Å². The van der Waals surface area contributed by atoms with E-state index in [0.29, 0.717) is 57.2 Å². The van der Waals surface area contributed by atoms with Crippen LogP contribution in [-0.2, 0) is 66.9 Å². The molecule has 104 heavy (non-hydrogen) atoms. The van der Waals surface area contributed by atoms with Crippen molar-refractivity contribution in [2.24, 2.45) is 45.3 Å². The van der Waals surface area contributed by atoms with Crippen molar-refractivity contribution < 1.29 is 81.6 Å². The number of nitrogens with one attached hydrogen (secondary N) is 7. The first-order valence-electron chi connectivity index (χ1n) is 37.7. The number of benzene rings is 1. The normalized spacial score (nSPS) is 27.4. The molecule has 4 aliphatic heterocycles. The van der Waals surface area contributed by atoms with Crippen LogP contribution < -0.4 is 37.2 Å². The van der Waals surface area contributed by atoms with Crippen LogP contribution >= 0.6 is 0 Å². The molecule has 0 bridgehead atoms. The van der Waals surface area contributed by atoms with Crippen LogP contribution in [0, 0.1) is 45.3 Å². The molecule has 0 aromatic heterocycles. The van der Waals surface area contributed by atoms with Gasteiger partial charge in [-0.25, -0.2) is 9.59 Å². The lowest BCUT2D eigenvalue weighted by molar-refractivity contribution is -0.157. The molecule has 6 aliphatic rings. The topological polar surface area (TPSA) is 356 Å². The minimum Gasteiger partial charge on any atom is -0.468 e. The number of rotatable bonds is 14. The maximum absolute atomic E-state index is 14.6. The lowest BCUT2D eigenvalue weighted by Crippen LogP contribution is -2.61. The van der Waals surface area contributed by atoms with Gasteiger partial charge in [-0.3, -0.25) is 47.9 Å². The van der Waals surface area contributed by atoms with Gasteiger partial charge in [0, 0.05) is 34.1 Å².